The number of carbonyl (C=O) groups is 1. The summed E-state index contributed by atoms with van der Waals surface area (Å²) < 4.78 is 0.962. The predicted molar refractivity (Wildman–Crippen MR) is 93.5 cm³/mol. The fourth-order valence-electron chi connectivity index (χ4n) is 2.18. The number of nitrogens with zero attached hydrogens (tertiary/aromatic N) is 1. The van der Waals surface area contributed by atoms with Crippen LogP contribution in [-0.4, -0.2) is 22.5 Å². The maximum atomic E-state index is 11.9. The molecule has 6 nitrogen and oxygen atoms in total. The minimum atomic E-state index is -0.904. The maximum absolute atomic E-state index is 11.9. The number of aliphatic hydroxyl groups excluding tert-OH is 1. The second kappa shape index (κ2) is 8.56. The minimum absolute atomic E-state index is 0.0385. The third-order valence-corrected chi connectivity index (χ3v) is 4.33. The van der Waals surface area contributed by atoms with E-state index in [9.17, 15) is 20.0 Å². The quantitative estimate of drug-likeness (QED) is 0.559. The third-order valence-electron chi connectivity index (χ3n) is 3.56. The fraction of sp³-hybridized carbons (Fsp3) is 0.235. The Morgan fingerprint density at radius 1 is 1.21 bits per heavy atom. The van der Waals surface area contributed by atoms with Crippen molar-refractivity contribution >= 4 is 27.5 Å². The van der Waals surface area contributed by atoms with Crippen molar-refractivity contribution in [2.24, 2.45) is 0 Å². The molecule has 2 N–H and O–H groups in total. The van der Waals surface area contributed by atoms with E-state index in [-0.39, 0.29) is 18.1 Å². The van der Waals surface area contributed by atoms with Gasteiger partial charge in [0.05, 0.1) is 11.0 Å². The molecule has 1 atom stereocenters. The summed E-state index contributed by atoms with van der Waals surface area (Å²) in [6.07, 6.45) is 0.00874. The molecule has 24 heavy (non-hydrogen) atoms. The van der Waals surface area contributed by atoms with Crippen LogP contribution in [0.25, 0.3) is 0 Å². The van der Waals surface area contributed by atoms with Gasteiger partial charge in [0.25, 0.3) is 5.69 Å². The number of nitrogens with one attached hydrogen (secondary N) is 1. The Morgan fingerprint density at radius 3 is 2.50 bits per heavy atom. The van der Waals surface area contributed by atoms with Crippen molar-refractivity contribution in [3.05, 3.63) is 74.2 Å². The van der Waals surface area contributed by atoms with Crippen molar-refractivity contribution in [3.8, 4) is 0 Å². The fourth-order valence-corrected chi connectivity index (χ4v) is 2.67. The van der Waals surface area contributed by atoms with Crippen molar-refractivity contribution < 1.29 is 14.8 Å². The van der Waals surface area contributed by atoms with Crippen molar-refractivity contribution in [1.82, 2.24) is 5.32 Å². The number of carbonyl (C=O) groups excluding carboxylic acids is 1. The second-order valence-electron chi connectivity index (χ2n) is 5.26. The van der Waals surface area contributed by atoms with E-state index in [1.165, 1.54) is 24.3 Å². The average molecular weight is 393 g/mol. The summed E-state index contributed by atoms with van der Waals surface area (Å²) in [4.78, 5) is 22.0. The number of rotatable bonds is 7. The molecule has 0 fully saturated rings. The van der Waals surface area contributed by atoms with Crippen molar-refractivity contribution in [1.29, 1.82) is 0 Å². The Kier molecular flexibility index (Phi) is 6.45. The van der Waals surface area contributed by atoms with Gasteiger partial charge in [-0.05, 0) is 35.7 Å². The lowest BCUT2D eigenvalue weighted by molar-refractivity contribution is -0.384. The molecule has 0 aliphatic heterocycles. The highest BCUT2D eigenvalue weighted by Gasteiger charge is 2.12. The zero-order valence-electron chi connectivity index (χ0n) is 12.8. The molecule has 1 amide bonds. The van der Waals surface area contributed by atoms with Gasteiger partial charge in [0.1, 0.15) is 0 Å². The number of nitro groups is 1. The Morgan fingerprint density at radius 2 is 1.88 bits per heavy atom. The zero-order chi connectivity index (χ0) is 17.5. The molecule has 2 rings (SSSR count). The lowest BCUT2D eigenvalue weighted by Gasteiger charge is -2.12. The van der Waals surface area contributed by atoms with Gasteiger partial charge in [-0.25, -0.2) is 0 Å². The zero-order valence-corrected chi connectivity index (χ0v) is 14.4. The van der Waals surface area contributed by atoms with Crippen LogP contribution < -0.4 is 5.32 Å². The molecule has 2 aromatic rings. The normalized spacial score (nSPS) is 11.8. The molecule has 2 aromatic carbocycles. The SMILES string of the molecule is O=C(CCc1ccccc1Br)NC[C@H](O)c1ccc([N+](=O)[O-])cc1. The lowest BCUT2D eigenvalue weighted by Crippen LogP contribution is -2.28. The molecule has 0 aromatic heterocycles. The summed E-state index contributed by atoms with van der Waals surface area (Å²) in [6, 6.07) is 13.3. The van der Waals surface area contributed by atoms with E-state index < -0.39 is 11.0 Å². The Balaban J connectivity index is 1.80. The molecule has 0 heterocycles. The number of amides is 1. The number of aryl methyl sites for hydroxylation is 1. The maximum Gasteiger partial charge on any atom is 0.269 e. The van der Waals surface area contributed by atoms with Crippen LogP contribution in [0.3, 0.4) is 0 Å². The first-order valence-corrected chi connectivity index (χ1v) is 8.19. The van der Waals surface area contributed by atoms with Crippen molar-refractivity contribution in [2.75, 3.05) is 6.54 Å². The van der Waals surface area contributed by atoms with Crippen LogP contribution in [0.15, 0.2) is 53.0 Å². The standard InChI is InChI=1S/C17H17BrN2O4/c18-15-4-2-1-3-12(15)7-10-17(22)19-11-16(21)13-5-8-14(9-6-13)20(23)24/h1-6,8-9,16,21H,7,10-11H2,(H,19,22)/t16-/m0/s1. The number of aliphatic hydroxyl groups is 1. The molecular formula is C17H17BrN2O4. The third kappa shape index (κ3) is 5.14. The molecule has 0 aliphatic rings. The highest BCUT2D eigenvalue weighted by Crippen LogP contribution is 2.18. The first-order valence-electron chi connectivity index (χ1n) is 7.40. The van der Waals surface area contributed by atoms with Crippen LogP contribution >= 0.6 is 15.9 Å². The van der Waals surface area contributed by atoms with E-state index in [2.05, 4.69) is 21.2 Å². The Bertz CT molecular complexity index is 719. The van der Waals surface area contributed by atoms with Gasteiger partial charge in [-0.15, -0.1) is 0 Å². The van der Waals surface area contributed by atoms with E-state index in [4.69, 9.17) is 0 Å². The van der Waals surface area contributed by atoms with Crippen LogP contribution in [0.2, 0.25) is 0 Å². The van der Waals surface area contributed by atoms with Crippen LogP contribution in [0, 0.1) is 10.1 Å². The van der Waals surface area contributed by atoms with Gasteiger partial charge in [0.2, 0.25) is 5.91 Å². The van der Waals surface area contributed by atoms with E-state index in [1.807, 2.05) is 24.3 Å². The molecule has 0 aliphatic carbocycles. The van der Waals surface area contributed by atoms with Crippen LogP contribution in [0.5, 0.6) is 0 Å². The number of hydrogen-bond acceptors (Lipinski definition) is 4. The van der Waals surface area contributed by atoms with E-state index >= 15 is 0 Å². The lowest BCUT2D eigenvalue weighted by atomic mass is 10.1. The largest absolute Gasteiger partial charge is 0.387 e. The topological polar surface area (TPSA) is 92.5 Å². The predicted octanol–water partition coefficient (Wildman–Crippen LogP) is 3.14. The summed E-state index contributed by atoms with van der Waals surface area (Å²) >= 11 is 3.44. The smallest absolute Gasteiger partial charge is 0.269 e. The Labute approximate surface area is 147 Å². The molecular weight excluding hydrogens is 376 g/mol. The first-order chi connectivity index (χ1) is 11.5. The highest BCUT2D eigenvalue weighted by atomic mass is 79.9. The second-order valence-corrected chi connectivity index (χ2v) is 6.11. The Hall–Kier alpha value is -2.25. The molecule has 0 spiro atoms. The van der Waals surface area contributed by atoms with Crippen LogP contribution in [0.1, 0.15) is 23.7 Å². The molecule has 7 heteroatoms. The van der Waals surface area contributed by atoms with E-state index in [1.54, 1.807) is 0 Å². The summed E-state index contributed by atoms with van der Waals surface area (Å²) in [5, 5.41) is 23.3. The van der Waals surface area contributed by atoms with Crippen LogP contribution in [0.4, 0.5) is 5.69 Å². The minimum Gasteiger partial charge on any atom is -0.387 e. The summed E-state index contributed by atoms with van der Waals surface area (Å²) in [7, 11) is 0. The number of benzene rings is 2. The molecule has 0 unspecified atom stereocenters. The van der Waals surface area contributed by atoms with Gasteiger partial charge < -0.3 is 10.4 Å². The summed E-state index contributed by atoms with van der Waals surface area (Å²) in [5.41, 5.74) is 1.53. The number of nitro benzene ring substituents is 1. The van der Waals surface area contributed by atoms with Gasteiger partial charge in [-0.1, -0.05) is 34.1 Å². The summed E-state index contributed by atoms with van der Waals surface area (Å²) in [5.74, 6) is -0.160. The molecule has 0 saturated carbocycles. The molecule has 0 radical (unpaired) electrons. The van der Waals surface area contributed by atoms with Gasteiger partial charge in [0, 0.05) is 29.6 Å². The van der Waals surface area contributed by atoms with Crippen molar-refractivity contribution in [2.45, 2.75) is 18.9 Å². The van der Waals surface area contributed by atoms with Gasteiger partial charge in [-0.2, -0.15) is 0 Å². The number of non-ortho nitro benzene ring substituents is 1. The average Bonchev–Trinajstić information content (AvgIpc) is 2.59. The van der Waals surface area contributed by atoms with Crippen molar-refractivity contribution in [3.63, 3.8) is 0 Å². The van der Waals surface area contributed by atoms with Gasteiger partial charge in [0.15, 0.2) is 0 Å². The van der Waals surface area contributed by atoms with E-state index in [0.717, 1.165) is 10.0 Å². The number of hydrogen-bond donors (Lipinski definition) is 2. The van der Waals surface area contributed by atoms with E-state index in [0.29, 0.717) is 18.4 Å². The number of halogens is 1. The van der Waals surface area contributed by atoms with Gasteiger partial charge in [-0.3, -0.25) is 14.9 Å². The van der Waals surface area contributed by atoms with Crippen LogP contribution in [-0.2, 0) is 11.2 Å². The monoisotopic (exact) mass is 392 g/mol. The molecule has 126 valence electrons. The first kappa shape index (κ1) is 18.1. The molecule has 0 saturated heterocycles. The molecule has 0 bridgehead atoms. The van der Waals surface area contributed by atoms with Gasteiger partial charge >= 0.3 is 0 Å². The summed E-state index contributed by atoms with van der Waals surface area (Å²) in [6.45, 7) is 0.0621. The highest BCUT2D eigenvalue weighted by molar-refractivity contribution is 9.10.